The number of hydrogen-bond acceptors (Lipinski definition) is 5. The van der Waals surface area contributed by atoms with E-state index in [2.05, 4.69) is 15.7 Å². The summed E-state index contributed by atoms with van der Waals surface area (Å²) < 4.78 is 0. The Morgan fingerprint density at radius 3 is 2.62 bits per heavy atom. The maximum atomic E-state index is 11.5. The zero-order valence-electron chi connectivity index (χ0n) is 8.56. The van der Waals surface area contributed by atoms with Crippen LogP contribution in [0.3, 0.4) is 0 Å². The Balaban J connectivity index is 2.49. The average Bonchev–Trinajstić information content (AvgIpc) is 2.28. The predicted molar refractivity (Wildman–Crippen MR) is 58.2 cm³/mol. The smallest absolute Gasteiger partial charge is 0.252 e. The number of primary amides is 1. The number of nitrogens with two attached hydrogens (primary N) is 2. The Morgan fingerprint density at radius 1 is 1.38 bits per heavy atom. The van der Waals surface area contributed by atoms with Gasteiger partial charge in [0.1, 0.15) is 5.82 Å². The maximum Gasteiger partial charge on any atom is 0.252 e. The molecule has 86 valence electrons. The van der Waals surface area contributed by atoms with Crippen LogP contribution in [0.4, 0.5) is 5.82 Å². The highest BCUT2D eigenvalue weighted by molar-refractivity contribution is 5.94. The molecule has 7 nitrogen and oxygen atoms in total. The molecular weight excluding hydrogens is 210 g/mol. The summed E-state index contributed by atoms with van der Waals surface area (Å²) in [5.41, 5.74) is 7.67. The topological polar surface area (TPSA) is 123 Å². The van der Waals surface area contributed by atoms with E-state index < -0.39 is 5.91 Å². The lowest BCUT2D eigenvalue weighted by Crippen LogP contribution is -2.28. The minimum absolute atomic E-state index is 0.113. The second-order valence-corrected chi connectivity index (χ2v) is 3.05. The molecule has 1 aromatic rings. The van der Waals surface area contributed by atoms with Gasteiger partial charge >= 0.3 is 0 Å². The molecule has 0 aliphatic rings. The molecular formula is C9H13N5O2. The van der Waals surface area contributed by atoms with Crippen molar-refractivity contribution in [1.29, 1.82) is 0 Å². The van der Waals surface area contributed by atoms with E-state index in [1.54, 1.807) is 12.1 Å². The zero-order chi connectivity index (χ0) is 12.0. The number of aromatic nitrogens is 1. The van der Waals surface area contributed by atoms with Gasteiger partial charge in [0, 0.05) is 19.2 Å². The lowest BCUT2D eigenvalue weighted by Gasteiger charge is -2.04. The summed E-state index contributed by atoms with van der Waals surface area (Å²) in [6.45, 7) is 0.213. The molecule has 1 rings (SSSR count). The van der Waals surface area contributed by atoms with Gasteiger partial charge in [-0.2, -0.15) is 0 Å². The highest BCUT2D eigenvalue weighted by Crippen LogP contribution is 2.02. The molecule has 0 atom stereocenters. The van der Waals surface area contributed by atoms with Crippen molar-refractivity contribution in [2.75, 3.05) is 12.0 Å². The first kappa shape index (κ1) is 11.9. The van der Waals surface area contributed by atoms with Gasteiger partial charge in [0.05, 0.1) is 5.56 Å². The Hall–Kier alpha value is -2.15. The Bertz CT molecular complexity index is 376. The summed E-state index contributed by atoms with van der Waals surface area (Å²) in [5, 5.41) is 2.54. The molecule has 16 heavy (non-hydrogen) atoms. The second-order valence-electron chi connectivity index (χ2n) is 3.05. The van der Waals surface area contributed by atoms with Crippen LogP contribution in [-0.4, -0.2) is 23.3 Å². The van der Waals surface area contributed by atoms with Crippen LogP contribution in [-0.2, 0) is 4.79 Å². The molecule has 7 heteroatoms. The molecule has 0 fully saturated rings. The monoisotopic (exact) mass is 223 g/mol. The molecule has 6 N–H and O–H groups in total. The van der Waals surface area contributed by atoms with E-state index in [1.807, 2.05) is 0 Å². The molecule has 0 aliphatic heterocycles. The van der Waals surface area contributed by atoms with Crippen LogP contribution in [0, 0.1) is 0 Å². The predicted octanol–water partition coefficient (Wildman–Crippen LogP) is -1.03. The molecule has 0 aliphatic carbocycles. The Kier molecular flexibility index (Phi) is 4.22. The van der Waals surface area contributed by atoms with Gasteiger partial charge in [-0.15, -0.1) is 0 Å². The zero-order valence-corrected chi connectivity index (χ0v) is 8.56. The van der Waals surface area contributed by atoms with Gasteiger partial charge in [-0.1, -0.05) is 0 Å². The summed E-state index contributed by atoms with van der Waals surface area (Å²) in [6, 6.07) is 3.14. The van der Waals surface area contributed by atoms with Gasteiger partial charge in [0.15, 0.2) is 0 Å². The number of hydrazine groups is 1. The van der Waals surface area contributed by atoms with E-state index in [-0.39, 0.29) is 18.9 Å². The first-order valence-electron chi connectivity index (χ1n) is 4.62. The fourth-order valence-electron chi connectivity index (χ4n) is 1.01. The van der Waals surface area contributed by atoms with E-state index in [4.69, 9.17) is 11.6 Å². The summed E-state index contributed by atoms with van der Waals surface area (Å²) in [6.07, 6.45) is 1.50. The van der Waals surface area contributed by atoms with Crippen LogP contribution in [0.2, 0.25) is 0 Å². The van der Waals surface area contributed by atoms with Gasteiger partial charge < -0.3 is 16.5 Å². The number of amides is 2. The van der Waals surface area contributed by atoms with Gasteiger partial charge in [-0.25, -0.2) is 10.8 Å². The first-order valence-corrected chi connectivity index (χ1v) is 4.62. The largest absolute Gasteiger partial charge is 0.370 e. The Morgan fingerprint density at radius 2 is 2.12 bits per heavy atom. The highest BCUT2D eigenvalue weighted by Gasteiger charge is 2.05. The van der Waals surface area contributed by atoms with Crippen LogP contribution >= 0.6 is 0 Å². The molecule has 1 heterocycles. The number of nitrogen functional groups attached to an aromatic ring is 1. The summed E-state index contributed by atoms with van der Waals surface area (Å²) in [4.78, 5) is 25.8. The van der Waals surface area contributed by atoms with Crippen LogP contribution in [0.15, 0.2) is 18.3 Å². The normalized spacial score (nSPS) is 9.56. The van der Waals surface area contributed by atoms with Crippen LogP contribution in [0.1, 0.15) is 16.8 Å². The lowest BCUT2D eigenvalue weighted by atomic mass is 10.2. The van der Waals surface area contributed by atoms with E-state index in [0.29, 0.717) is 11.4 Å². The van der Waals surface area contributed by atoms with E-state index >= 15 is 0 Å². The SMILES string of the molecule is NNc1ccc(C(=O)NCCC(N)=O)cn1. The summed E-state index contributed by atoms with van der Waals surface area (Å²) >= 11 is 0. The third-order valence-corrected chi connectivity index (χ3v) is 1.83. The first-order chi connectivity index (χ1) is 7.63. The summed E-state index contributed by atoms with van der Waals surface area (Å²) in [5.74, 6) is 4.83. The number of pyridine rings is 1. The van der Waals surface area contributed by atoms with E-state index in [9.17, 15) is 9.59 Å². The maximum absolute atomic E-state index is 11.5. The molecule has 0 saturated heterocycles. The van der Waals surface area contributed by atoms with Crippen molar-refractivity contribution >= 4 is 17.6 Å². The van der Waals surface area contributed by atoms with Crippen molar-refractivity contribution in [2.45, 2.75) is 6.42 Å². The fraction of sp³-hybridized carbons (Fsp3) is 0.222. The van der Waals surface area contributed by atoms with Crippen molar-refractivity contribution in [3.05, 3.63) is 23.9 Å². The number of nitrogens with one attached hydrogen (secondary N) is 2. The fourth-order valence-corrected chi connectivity index (χ4v) is 1.01. The molecule has 0 unspecified atom stereocenters. The Labute approximate surface area is 92.2 Å². The van der Waals surface area contributed by atoms with Crippen molar-refractivity contribution < 1.29 is 9.59 Å². The van der Waals surface area contributed by atoms with Crippen molar-refractivity contribution in [1.82, 2.24) is 10.3 Å². The van der Waals surface area contributed by atoms with Crippen molar-refractivity contribution in [2.24, 2.45) is 11.6 Å². The number of carbonyl (C=O) groups excluding carboxylic acids is 2. The highest BCUT2D eigenvalue weighted by atomic mass is 16.2. The quantitative estimate of drug-likeness (QED) is 0.375. The van der Waals surface area contributed by atoms with E-state index in [0.717, 1.165) is 0 Å². The molecule has 0 spiro atoms. The summed E-state index contributed by atoms with van der Waals surface area (Å²) in [7, 11) is 0. The minimum atomic E-state index is -0.457. The molecule has 0 bridgehead atoms. The van der Waals surface area contributed by atoms with Gasteiger partial charge in [0.25, 0.3) is 5.91 Å². The molecule has 0 aromatic carbocycles. The van der Waals surface area contributed by atoms with Crippen LogP contribution in [0.5, 0.6) is 0 Å². The number of hydrogen-bond donors (Lipinski definition) is 4. The molecule has 0 saturated carbocycles. The average molecular weight is 223 g/mol. The van der Waals surface area contributed by atoms with Crippen LogP contribution < -0.4 is 22.3 Å². The van der Waals surface area contributed by atoms with Gasteiger partial charge in [-0.05, 0) is 12.1 Å². The minimum Gasteiger partial charge on any atom is -0.370 e. The van der Waals surface area contributed by atoms with Gasteiger partial charge in [0.2, 0.25) is 5.91 Å². The number of anilines is 1. The van der Waals surface area contributed by atoms with Gasteiger partial charge in [-0.3, -0.25) is 9.59 Å². The molecule has 0 radical (unpaired) electrons. The standard InChI is InChI=1S/C9H13N5O2/c10-7(15)3-4-12-9(16)6-1-2-8(14-11)13-5-6/h1-2,5H,3-4,11H2,(H2,10,15)(H,12,16)(H,13,14). The number of carbonyl (C=O) groups is 2. The number of nitrogens with zero attached hydrogens (tertiary/aromatic N) is 1. The molecule has 2 amide bonds. The van der Waals surface area contributed by atoms with E-state index in [1.165, 1.54) is 6.20 Å². The third kappa shape index (κ3) is 3.54. The molecule has 1 aromatic heterocycles. The third-order valence-electron chi connectivity index (χ3n) is 1.83. The lowest BCUT2D eigenvalue weighted by molar-refractivity contribution is -0.117. The van der Waals surface area contributed by atoms with Crippen molar-refractivity contribution in [3.8, 4) is 0 Å². The second kappa shape index (κ2) is 5.66. The van der Waals surface area contributed by atoms with Crippen molar-refractivity contribution in [3.63, 3.8) is 0 Å². The van der Waals surface area contributed by atoms with Crippen LogP contribution in [0.25, 0.3) is 0 Å². The number of rotatable bonds is 5.